The lowest BCUT2D eigenvalue weighted by molar-refractivity contribution is 0.246. The Kier molecular flexibility index (Phi) is 4.06. The van der Waals surface area contributed by atoms with Gasteiger partial charge in [-0.2, -0.15) is 10.2 Å². The molecule has 0 spiro atoms. The SMILES string of the molecule is OCc1ccc(/C=N/N=C/c2ccc(CO)o2)o1. The quantitative estimate of drug-likeness (QED) is 0.616. The minimum atomic E-state index is -0.145. The largest absolute Gasteiger partial charge is 0.458 e. The maximum atomic E-state index is 8.80. The second kappa shape index (κ2) is 5.95. The highest BCUT2D eigenvalue weighted by Gasteiger charge is 1.98. The molecule has 0 aliphatic heterocycles. The summed E-state index contributed by atoms with van der Waals surface area (Å²) in [6.07, 6.45) is 2.84. The Labute approximate surface area is 103 Å². The van der Waals surface area contributed by atoms with Gasteiger partial charge in [0.05, 0.1) is 12.4 Å². The smallest absolute Gasteiger partial charge is 0.147 e. The van der Waals surface area contributed by atoms with Crippen LogP contribution in [-0.4, -0.2) is 22.6 Å². The third kappa shape index (κ3) is 3.16. The molecular weight excluding hydrogens is 236 g/mol. The first-order valence-corrected chi connectivity index (χ1v) is 5.27. The van der Waals surface area contributed by atoms with Crippen molar-refractivity contribution in [2.45, 2.75) is 13.2 Å². The van der Waals surface area contributed by atoms with Gasteiger partial charge >= 0.3 is 0 Å². The highest BCUT2D eigenvalue weighted by atomic mass is 16.4. The maximum absolute atomic E-state index is 8.80. The molecule has 0 saturated heterocycles. The van der Waals surface area contributed by atoms with Crippen molar-refractivity contribution < 1.29 is 19.0 Å². The summed E-state index contributed by atoms with van der Waals surface area (Å²) in [6.45, 7) is -0.291. The molecule has 0 saturated carbocycles. The Hall–Kier alpha value is -2.18. The summed E-state index contributed by atoms with van der Waals surface area (Å²) >= 11 is 0. The molecule has 6 nitrogen and oxygen atoms in total. The van der Waals surface area contributed by atoms with E-state index in [1.54, 1.807) is 24.3 Å². The van der Waals surface area contributed by atoms with E-state index in [4.69, 9.17) is 19.0 Å². The molecule has 0 amide bonds. The Morgan fingerprint density at radius 3 is 1.61 bits per heavy atom. The van der Waals surface area contributed by atoms with Gasteiger partial charge in [0.25, 0.3) is 0 Å². The van der Waals surface area contributed by atoms with Crippen LogP contribution in [0.1, 0.15) is 23.0 Å². The van der Waals surface area contributed by atoms with Crippen LogP contribution in [0.15, 0.2) is 43.3 Å². The van der Waals surface area contributed by atoms with Crippen molar-refractivity contribution in [1.29, 1.82) is 0 Å². The number of hydrogen-bond donors (Lipinski definition) is 2. The van der Waals surface area contributed by atoms with Gasteiger partial charge in [0.15, 0.2) is 0 Å². The summed E-state index contributed by atoms with van der Waals surface area (Å²) in [5.41, 5.74) is 0. The fourth-order valence-electron chi connectivity index (χ4n) is 1.28. The summed E-state index contributed by atoms with van der Waals surface area (Å²) in [7, 11) is 0. The van der Waals surface area contributed by atoms with Crippen molar-refractivity contribution in [3.8, 4) is 0 Å². The van der Waals surface area contributed by atoms with Crippen LogP contribution in [0.25, 0.3) is 0 Å². The van der Waals surface area contributed by atoms with Gasteiger partial charge in [0.2, 0.25) is 0 Å². The van der Waals surface area contributed by atoms with Gasteiger partial charge in [-0.15, -0.1) is 0 Å². The van der Waals surface area contributed by atoms with Crippen LogP contribution < -0.4 is 0 Å². The van der Waals surface area contributed by atoms with E-state index in [1.807, 2.05) is 0 Å². The van der Waals surface area contributed by atoms with Gasteiger partial charge in [-0.25, -0.2) is 0 Å². The molecular formula is C12H12N2O4. The normalized spacial score (nSPS) is 11.9. The first-order chi connectivity index (χ1) is 8.81. The molecule has 0 fully saturated rings. The summed E-state index contributed by atoms with van der Waals surface area (Å²) in [6, 6.07) is 6.68. The van der Waals surface area contributed by atoms with Crippen LogP contribution in [0.5, 0.6) is 0 Å². The number of furan rings is 2. The minimum Gasteiger partial charge on any atom is -0.458 e. The summed E-state index contributed by atoms with van der Waals surface area (Å²) < 4.78 is 10.4. The van der Waals surface area contributed by atoms with Gasteiger partial charge in [0.1, 0.15) is 36.3 Å². The molecule has 0 bridgehead atoms. The van der Waals surface area contributed by atoms with Crippen molar-refractivity contribution in [1.82, 2.24) is 0 Å². The van der Waals surface area contributed by atoms with Gasteiger partial charge in [0, 0.05) is 0 Å². The topological polar surface area (TPSA) is 91.5 Å². The van der Waals surface area contributed by atoms with Crippen LogP contribution in [0.3, 0.4) is 0 Å². The summed E-state index contributed by atoms with van der Waals surface area (Å²) in [4.78, 5) is 0. The second-order valence-corrected chi connectivity index (χ2v) is 3.41. The fourth-order valence-corrected chi connectivity index (χ4v) is 1.28. The molecule has 0 radical (unpaired) electrons. The fraction of sp³-hybridized carbons (Fsp3) is 0.167. The predicted octanol–water partition coefficient (Wildman–Crippen LogP) is 1.31. The predicted molar refractivity (Wildman–Crippen MR) is 64.4 cm³/mol. The van der Waals surface area contributed by atoms with E-state index in [9.17, 15) is 0 Å². The van der Waals surface area contributed by atoms with Gasteiger partial charge in [-0.3, -0.25) is 0 Å². The molecule has 2 aromatic heterocycles. The van der Waals surface area contributed by atoms with E-state index in [0.29, 0.717) is 23.0 Å². The number of aliphatic hydroxyl groups excluding tert-OH is 2. The third-order valence-electron chi connectivity index (χ3n) is 2.11. The van der Waals surface area contributed by atoms with E-state index in [2.05, 4.69) is 10.2 Å². The average Bonchev–Trinajstić information content (AvgIpc) is 3.03. The molecule has 0 unspecified atom stereocenters. The molecule has 2 N–H and O–H groups in total. The minimum absolute atomic E-state index is 0.145. The summed E-state index contributed by atoms with van der Waals surface area (Å²) in [5.74, 6) is 1.96. The molecule has 0 aliphatic rings. The number of rotatable bonds is 5. The zero-order valence-corrected chi connectivity index (χ0v) is 9.48. The second-order valence-electron chi connectivity index (χ2n) is 3.41. The Morgan fingerprint density at radius 1 is 0.833 bits per heavy atom. The Morgan fingerprint density at radius 2 is 1.28 bits per heavy atom. The lowest BCUT2D eigenvalue weighted by atomic mass is 10.4. The van der Waals surface area contributed by atoms with Crippen molar-refractivity contribution in [2.24, 2.45) is 10.2 Å². The van der Waals surface area contributed by atoms with E-state index in [1.165, 1.54) is 12.4 Å². The third-order valence-corrected chi connectivity index (χ3v) is 2.11. The van der Waals surface area contributed by atoms with Gasteiger partial charge in [-0.05, 0) is 24.3 Å². The Bertz CT molecular complexity index is 504. The highest BCUT2D eigenvalue weighted by molar-refractivity contribution is 5.79. The highest BCUT2D eigenvalue weighted by Crippen LogP contribution is 2.06. The van der Waals surface area contributed by atoms with E-state index in [-0.39, 0.29) is 13.2 Å². The average molecular weight is 248 g/mol. The molecule has 0 aliphatic carbocycles. The first-order valence-electron chi connectivity index (χ1n) is 5.27. The number of hydrogen-bond acceptors (Lipinski definition) is 6. The van der Waals surface area contributed by atoms with Crippen LogP contribution in [-0.2, 0) is 13.2 Å². The molecule has 0 aromatic carbocycles. The number of nitrogens with zero attached hydrogens (tertiary/aromatic N) is 2. The maximum Gasteiger partial charge on any atom is 0.147 e. The van der Waals surface area contributed by atoms with Crippen molar-refractivity contribution >= 4 is 12.4 Å². The van der Waals surface area contributed by atoms with Crippen LogP contribution in [0.2, 0.25) is 0 Å². The summed E-state index contributed by atoms with van der Waals surface area (Å²) in [5, 5.41) is 25.1. The molecule has 94 valence electrons. The lowest BCUT2D eigenvalue weighted by Crippen LogP contribution is -1.78. The van der Waals surface area contributed by atoms with Crippen molar-refractivity contribution in [3.63, 3.8) is 0 Å². The first kappa shape index (κ1) is 12.3. The molecule has 0 atom stereocenters. The molecule has 18 heavy (non-hydrogen) atoms. The molecule has 2 rings (SSSR count). The van der Waals surface area contributed by atoms with Crippen molar-refractivity contribution in [2.75, 3.05) is 0 Å². The van der Waals surface area contributed by atoms with Crippen LogP contribution in [0, 0.1) is 0 Å². The van der Waals surface area contributed by atoms with Crippen LogP contribution in [0.4, 0.5) is 0 Å². The zero-order chi connectivity index (χ0) is 12.8. The monoisotopic (exact) mass is 248 g/mol. The van der Waals surface area contributed by atoms with E-state index in [0.717, 1.165) is 0 Å². The van der Waals surface area contributed by atoms with E-state index >= 15 is 0 Å². The molecule has 2 aromatic rings. The zero-order valence-electron chi connectivity index (χ0n) is 9.48. The number of aliphatic hydroxyl groups is 2. The molecule has 2 heterocycles. The Balaban J connectivity index is 1.94. The van der Waals surface area contributed by atoms with E-state index < -0.39 is 0 Å². The molecule has 6 heteroatoms. The van der Waals surface area contributed by atoms with Crippen molar-refractivity contribution in [3.05, 3.63) is 47.3 Å². The standard InChI is InChI=1S/C12H12N2O4/c15-7-11-3-1-9(17-11)5-13-14-6-10-2-4-12(8-16)18-10/h1-6,15-16H,7-8H2/b13-5+,14-6+. The van der Waals surface area contributed by atoms with Gasteiger partial charge in [-0.1, -0.05) is 0 Å². The lowest BCUT2D eigenvalue weighted by Gasteiger charge is -1.86. The van der Waals surface area contributed by atoms with Gasteiger partial charge < -0.3 is 19.0 Å². The van der Waals surface area contributed by atoms with Crippen LogP contribution >= 0.6 is 0 Å².